The van der Waals surface area contributed by atoms with E-state index in [1.165, 1.54) is 27.6 Å². The van der Waals surface area contributed by atoms with Crippen LogP contribution in [-0.2, 0) is 0 Å². The van der Waals surface area contributed by atoms with Crippen molar-refractivity contribution in [1.82, 2.24) is 4.98 Å². The third kappa shape index (κ3) is 2.82. The topological polar surface area (TPSA) is 12.9 Å². The molecule has 1 nitrogen and oxygen atoms in total. The van der Waals surface area contributed by atoms with E-state index in [0.29, 0.717) is 5.92 Å². The first-order chi connectivity index (χ1) is 10.0. The molecule has 0 spiro atoms. The van der Waals surface area contributed by atoms with Gasteiger partial charge in [-0.25, -0.2) is 4.98 Å². The average Bonchev–Trinajstić information content (AvgIpc) is 2.45. The standard InChI is InChI=1S/C20H21N/c1-13(2)16-5-7-19-17(12-16)6-8-20(21-19)18-10-14(3)9-15(4)11-18/h5-13H,1-4H3. The summed E-state index contributed by atoms with van der Waals surface area (Å²) in [7, 11) is 0. The summed E-state index contributed by atoms with van der Waals surface area (Å²) in [6.45, 7) is 8.70. The molecule has 21 heavy (non-hydrogen) atoms. The molecule has 0 saturated heterocycles. The number of fused-ring (bicyclic) bond motifs is 1. The van der Waals surface area contributed by atoms with E-state index in [4.69, 9.17) is 4.98 Å². The SMILES string of the molecule is Cc1cc(C)cc(-c2ccc3cc(C(C)C)ccc3n2)c1. The zero-order chi connectivity index (χ0) is 15.0. The first kappa shape index (κ1) is 13.8. The van der Waals surface area contributed by atoms with Crippen LogP contribution >= 0.6 is 0 Å². The van der Waals surface area contributed by atoms with Gasteiger partial charge in [-0.15, -0.1) is 0 Å². The Hall–Kier alpha value is -2.15. The van der Waals surface area contributed by atoms with E-state index in [-0.39, 0.29) is 0 Å². The second kappa shape index (κ2) is 5.33. The second-order valence-corrected chi connectivity index (χ2v) is 6.18. The highest BCUT2D eigenvalue weighted by molar-refractivity contribution is 5.82. The second-order valence-electron chi connectivity index (χ2n) is 6.18. The van der Waals surface area contributed by atoms with E-state index in [0.717, 1.165) is 11.2 Å². The summed E-state index contributed by atoms with van der Waals surface area (Å²) >= 11 is 0. The molecule has 0 fully saturated rings. The summed E-state index contributed by atoms with van der Waals surface area (Å²) in [4.78, 5) is 4.83. The van der Waals surface area contributed by atoms with Crippen LogP contribution < -0.4 is 0 Å². The van der Waals surface area contributed by atoms with Crippen LogP contribution in [0.25, 0.3) is 22.2 Å². The predicted octanol–water partition coefficient (Wildman–Crippen LogP) is 5.64. The van der Waals surface area contributed by atoms with Crippen LogP contribution in [-0.4, -0.2) is 4.98 Å². The molecule has 0 atom stereocenters. The van der Waals surface area contributed by atoms with Crippen LogP contribution in [0.15, 0.2) is 48.5 Å². The largest absolute Gasteiger partial charge is 0.248 e. The number of nitrogens with zero attached hydrogens (tertiary/aromatic N) is 1. The highest BCUT2D eigenvalue weighted by atomic mass is 14.7. The molecule has 1 heterocycles. The number of aryl methyl sites for hydroxylation is 2. The van der Waals surface area contributed by atoms with Crippen molar-refractivity contribution >= 4 is 10.9 Å². The fourth-order valence-corrected chi connectivity index (χ4v) is 2.79. The first-order valence-electron chi connectivity index (χ1n) is 7.52. The summed E-state index contributed by atoms with van der Waals surface area (Å²) in [5.41, 5.74) is 7.23. The van der Waals surface area contributed by atoms with Crippen molar-refractivity contribution in [3.8, 4) is 11.3 Å². The molecular weight excluding hydrogens is 254 g/mol. The smallest absolute Gasteiger partial charge is 0.0709 e. The zero-order valence-corrected chi connectivity index (χ0v) is 13.1. The lowest BCUT2D eigenvalue weighted by Gasteiger charge is -2.09. The molecule has 0 radical (unpaired) electrons. The Kier molecular flexibility index (Phi) is 3.50. The maximum atomic E-state index is 4.83. The maximum Gasteiger partial charge on any atom is 0.0709 e. The molecular formula is C20H21N. The molecule has 0 bridgehead atoms. The van der Waals surface area contributed by atoms with Gasteiger partial charge in [-0.2, -0.15) is 0 Å². The average molecular weight is 275 g/mol. The van der Waals surface area contributed by atoms with Crippen molar-refractivity contribution in [1.29, 1.82) is 0 Å². The van der Waals surface area contributed by atoms with Gasteiger partial charge < -0.3 is 0 Å². The Balaban J connectivity index is 2.11. The van der Waals surface area contributed by atoms with Crippen LogP contribution in [0.2, 0.25) is 0 Å². The van der Waals surface area contributed by atoms with Crippen molar-refractivity contribution in [3.63, 3.8) is 0 Å². The molecule has 2 aromatic carbocycles. The Morgan fingerprint density at radius 3 is 2.19 bits per heavy atom. The fourth-order valence-electron chi connectivity index (χ4n) is 2.79. The van der Waals surface area contributed by atoms with Crippen molar-refractivity contribution in [3.05, 3.63) is 65.2 Å². The highest BCUT2D eigenvalue weighted by Gasteiger charge is 2.05. The first-order valence-corrected chi connectivity index (χ1v) is 7.52. The van der Waals surface area contributed by atoms with Gasteiger partial charge >= 0.3 is 0 Å². The number of benzene rings is 2. The Morgan fingerprint density at radius 2 is 1.52 bits per heavy atom. The van der Waals surface area contributed by atoms with Crippen LogP contribution in [0.3, 0.4) is 0 Å². The van der Waals surface area contributed by atoms with Crippen LogP contribution in [0.5, 0.6) is 0 Å². The van der Waals surface area contributed by atoms with Crippen molar-refractivity contribution in [2.45, 2.75) is 33.6 Å². The lowest BCUT2D eigenvalue weighted by molar-refractivity contribution is 0.868. The fraction of sp³-hybridized carbons (Fsp3) is 0.250. The molecule has 0 unspecified atom stereocenters. The summed E-state index contributed by atoms with van der Waals surface area (Å²) < 4.78 is 0. The number of hydrogen-bond acceptors (Lipinski definition) is 1. The molecule has 0 amide bonds. The number of rotatable bonds is 2. The van der Waals surface area contributed by atoms with E-state index >= 15 is 0 Å². The van der Waals surface area contributed by atoms with Crippen LogP contribution in [0.1, 0.15) is 36.5 Å². The molecule has 1 heteroatoms. The van der Waals surface area contributed by atoms with Gasteiger partial charge in [0.05, 0.1) is 11.2 Å². The monoisotopic (exact) mass is 275 g/mol. The number of aromatic nitrogens is 1. The summed E-state index contributed by atoms with van der Waals surface area (Å²) in [6.07, 6.45) is 0. The zero-order valence-electron chi connectivity index (χ0n) is 13.1. The van der Waals surface area contributed by atoms with E-state index in [9.17, 15) is 0 Å². The van der Waals surface area contributed by atoms with E-state index < -0.39 is 0 Å². The minimum absolute atomic E-state index is 0.550. The molecule has 0 aliphatic rings. The quantitative estimate of drug-likeness (QED) is 0.589. The van der Waals surface area contributed by atoms with Crippen molar-refractivity contribution in [2.24, 2.45) is 0 Å². The third-order valence-corrected chi connectivity index (χ3v) is 3.90. The maximum absolute atomic E-state index is 4.83. The molecule has 1 aromatic heterocycles. The lowest BCUT2D eigenvalue weighted by Crippen LogP contribution is -1.90. The molecule has 3 rings (SSSR count). The normalized spacial score (nSPS) is 11.3. The van der Waals surface area contributed by atoms with Gasteiger partial charge in [-0.1, -0.05) is 43.2 Å². The van der Waals surface area contributed by atoms with E-state index in [1.807, 2.05) is 0 Å². The van der Waals surface area contributed by atoms with Gasteiger partial charge in [0.15, 0.2) is 0 Å². The lowest BCUT2D eigenvalue weighted by atomic mass is 10.00. The van der Waals surface area contributed by atoms with Gasteiger partial charge in [-0.3, -0.25) is 0 Å². The molecule has 0 aliphatic carbocycles. The van der Waals surface area contributed by atoms with Crippen molar-refractivity contribution < 1.29 is 0 Å². The van der Waals surface area contributed by atoms with Crippen LogP contribution in [0.4, 0.5) is 0 Å². The van der Waals surface area contributed by atoms with Crippen molar-refractivity contribution in [2.75, 3.05) is 0 Å². The Bertz CT molecular complexity index is 780. The van der Waals surface area contributed by atoms with Gasteiger partial charge in [0.25, 0.3) is 0 Å². The van der Waals surface area contributed by atoms with Gasteiger partial charge in [-0.05, 0) is 55.7 Å². The molecule has 0 aliphatic heterocycles. The molecule has 0 saturated carbocycles. The van der Waals surface area contributed by atoms with Gasteiger partial charge in [0, 0.05) is 10.9 Å². The Morgan fingerprint density at radius 1 is 0.810 bits per heavy atom. The molecule has 0 N–H and O–H groups in total. The van der Waals surface area contributed by atoms with Gasteiger partial charge in [0.1, 0.15) is 0 Å². The third-order valence-electron chi connectivity index (χ3n) is 3.90. The van der Waals surface area contributed by atoms with E-state index in [2.05, 4.69) is 76.2 Å². The number of pyridine rings is 1. The summed E-state index contributed by atoms with van der Waals surface area (Å²) in [6, 6.07) is 17.5. The summed E-state index contributed by atoms with van der Waals surface area (Å²) in [5, 5.41) is 1.22. The van der Waals surface area contributed by atoms with Crippen LogP contribution in [0, 0.1) is 13.8 Å². The molecule has 106 valence electrons. The predicted molar refractivity (Wildman–Crippen MR) is 90.7 cm³/mol. The minimum Gasteiger partial charge on any atom is -0.248 e. The van der Waals surface area contributed by atoms with Gasteiger partial charge in [0.2, 0.25) is 0 Å². The van der Waals surface area contributed by atoms with E-state index in [1.54, 1.807) is 0 Å². The number of hydrogen-bond donors (Lipinski definition) is 0. The molecule has 3 aromatic rings. The Labute approximate surface area is 126 Å². The minimum atomic E-state index is 0.550. The highest BCUT2D eigenvalue weighted by Crippen LogP contribution is 2.25. The summed E-state index contributed by atoms with van der Waals surface area (Å²) in [5.74, 6) is 0.550.